The van der Waals surface area contributed by atoms with Gasteiger partial charge in [0.05, 0.1) is 11.1 Å². The highest BCUT2D eigenvalue weighted by molar-refractivity contribution is 5.94. The zero-order valence-electron chi connectivity index (χ0n) is 7.22. The van der Waals surface area contributed by atoms with E-state index in [4.69, 9.17) is 5.73 Å². The minimum Gasteiger partial charge on any atom is -0.366 e. The van der Waals surface area contributed by atoms with Gasteiger partial charge in [-0.2, -0.15) is 13.2 Å². The van der Waals surface area contributed by atoms with Crippen LogP contribution in [0.4, 0.5) is 13.2 Å². The largest absolute Gasteiger partial charge is 0.418 e. The summed E-state index contributed by atoms with van der Waals surface area (Å²) in [4.78, 5) is 14.0. The van der Waals surface area contributed by atoms with E-state index in [1.165, 1.54) is 6.92 Å². The number of hydrogen-bond acceptors (Lipinski definition) is 2. The number of nitrogens with zero attached hydrogens (tertiary/aromatic N) is 1. The van der Waals surface area contributed by atoms with Crippen molar-refractivity contribution < 1.29 is 18.0 Å². The molecule has 0 atom stereocenters. The van der Waals surface area contributed by atoms with E-state index < -0.39 is 17.6 Å². The number of primary amides is 1. The molecule has 14 heavy (non-hydrogen) atoms. The lowest BCUT2D eigenvalue weighted by Crippen LogP contribution is -2.17. The first-order chi connectivity index (χ1) is 6.34. The number of nitrogens with two attached hydrogens (primary N) is 1. The summed E-state index contributed by atoms with van der Waals surface area (Å²) in [5.41, 5.74) is 3.54. The number of aromatic nitrogens is 1. The molecule has 0 aliphatic carbocycles. The van der Waals surface area contributed by atoms with Crippen molar-refractivity contribution in [1.82, 2.24) is 4.98 Å². The van der Waals surface area contributed by atoms with Gasteiger partial charge in [0.1, 0.15) is 0 Å². The van der Waals surface area contributed by atoms with Crippen molar-refractivity contribution in [3.05, 3.63) is 29.1 Å². The molecule has 0 saturated heterocycles. The molecular formula is C8H7F3N2O. The van der Waals surface area contributed by atoms with Gasteiger partial charge in [0.2, 0.25) is 0 Å². The van der Waals surface area contributed by atoms with E-state index >= 15 is 0 Å². The number of hydrogen-bond donors (Lipinski definition) is 1. The molecule has 0 bridgehead atoms. The fraction of sp³-hybridized carbons (Fsp3) is 0.250. The minimum atomic E-state index is -4.51. The third kappa shape index (κ3) is 1.84. The molecule has 1 aromatic heterocycles. The third-order valence-corrected chi connectivity index (χ3v) is 1.79. The summed E-state index contributed by atoms with van der Waals surface area (Å²) in [5.74, 6) is -0.916. The molecule has 0 unspecified atom stereocenters. The van der Waals surface area contributed by atoms with Crippen LogP contribution in [-0.4, -0.2) is 10.9 Å². The van der Waals surface area contributed by atoms with Crippen molar-refractivity contribution in [2.45, 2.75) is 13.1 Å². The number of alkyl halides is 3. The van der Waals surface area contributed by atoms with Crippen LogP contribution in [0.1, 0.15) is 21.5 Å². The topological polar surface area (TPSA) is 56.0 Å². The Hall–Kier alpha value is -1.59. The third-order valence-electron chi connectivity index (χ3n) is 1.79. The van der Waals surface area contributed by atoms with Crippen LogP contribution in [0.5, 0.6) is 0 Å². The smallest absolute Gasteiger partial charge is 0.366 e. The highest BCUT2D eigenvalue weighted by Crippen LogP contribution is 2.31. The summed E-state index contributed by atoms with van der Waals surface area (Å²) in [6.45, 7) is 1.19. The maximum absolute atomic E-state index is 12.3. The molecule has 1 rings (SSSR count). The van der Waals surface area contributed by atoms with Gasteiger partial charge in [-0.3, -0.25) is 9.78 Å². The summed E-state index contributed by atoms with van der Waals surface area (Å²) in [6.07, 6.45) is -2.82. The fourth-order valence-corrected chi connectivity index (χ4v) is 1.06. The van der Waals surface area contributed by atoms with Gasteiger partial charge in [-0.25, -0.2) is 0 Å². The average Bonchev–Trinajstić information content (AvgIpc) is 2.01. The molecule has 0 fully saturated rings. The first-order valence-corrected chi connectivity index (χ1v) is 3.65. The van der Waals surface area contributed by atoms with Gasteiger partial charge >= 0.3 is 6.18 Å². The molecular weight excluding hydrogens is 197 g/mol. The van der Waals surface area contributed by atoms with Crippen molar-refractivity contribution in [2.24, 2.45) is 5.73 Å². The second kappa shape index (κ2) is 3.28. The molecule has 0 aliphatic heterocycles. The molecule has 0 radical (unpaired) electrons. The quantitative estimate of drug-likeness (QED) is 0.753. The molecule has 1 heterocycles. The molecule has 0 saturated carbocycles. The van der Waals surface area contributed by atoms with Crippen LogP contribution in [0.15, 0.2) is 12.4 Å². The van der Waals surface area contributed by atoms with Gasteiger partial charge in [0.15, 0.2) is 0 Å². The highest BCUT2D eigenvalue weighted by Gasteiger charge is 2.33. The molecule has 2 N–H and O–H groups in total. The van der Waals surface area contributed by atoms with E-state index in [9.17, 15) is 18.0 Å². The van der Waals surface area contributed by atoms with Crippen LogP contribution >= 0.6 is 0 Å². The van der Waals surface area contributed by atoms with Gasteiger partial charge in [0, 0.05) is 12.4 Å². The molecule has 6 heteroatoms. The Morgan fingerprint density at radius 3 is 2.43 bits per heavy atom. The van der Waals surface area contributed by atoms with Crippen molar-refractivity contribution in [3.63, 3.8) is 0 Å². The highest BCUT2D eigenvalue weighted by atomic mass is 19.4. The lowest BCUT2D eigenvalue weighted by atomic mass is 10.1. The summed E-state index contributed by atoms with van der Waals surface area (Å²) in [7, 11) is 0. The number of pyridine rings is 1. The number of rotatable bonds is 1. The van der Waals surface area contributed by atoms with Gasteiger partial charge in [-0.15, -0.1) is 0 Å². The van der Waals surface area contributed by atoms with Crippen LogP contribution < -0.4 is 5.73 Å². The number of halogens is 3. The van der Waals surface area contributed by atoms with Crippen molar-refractivity contribution in [1.29, 1.82) is 0 Å². The number of carbonyl (C=O) groups excluding carboxylic acids is 1. The SMILES string of the molecule is Cc1c(C(N)=O)cncc1C(F)(F)F. The van der Waals surface area contributed by atoms with Gasteiger partial charge in [0.25, 0.3) is 5.91 Å². The van der Waals surface area contributed by atoms with Crippen LogP contribution in [0.2, 0.25) is 0 Å². The number of carbonyl (C=O) groups is 1. The predicted octanol–water partition coefficient (Wildman–Crippen LogP) is 1.51. The fourth-order valence-electron chi connectivity index (χ4n) is 1.06. The minimum absolute atomic E-state index is 0.194. The lowest BCUT2D eigenvalue weighted by molar-refractivity contribution is -0.138. The first-order valence-electron chi connectivity index (χ1n) is 3.65. The van der Waals surface area contributed by atoms with Gasteiger partial charge in [-0.05, 0) is 12.5 Å². The Morgan fingerprint density at radius 1 is 1.43 bits per heavy atom. The van der Waals surface area contributed by atoms with E-state index in [2.05, 4.69) is 4.98 Å². The van der Waals surface area contributed by atoms with E-state index in [0.29, 0.717) is 6.20 Å². The van der Waals surface area contributed by atoms with Gasteiger partial charge < -0.3 is 5.73 Å². The summed E-state index contributed by atoms with van der Waals surface area (Å²) < 4.78 is 36.9. The second-order valence-electron chi connectivity index (χ2n) is 2.72. The zero-order chi connectivity index (χ0) is 10.9. The first kappa shape index (κ1) is 10.5. The van der Waals surface area contributed by atoms with E-state index in [-0.39, 0.29) is 11.1 Å². The Bertz CT molecular complexity index is 373. The molecule has 0 aromatic carbocycles. The predicted molar refractivity (Wildman–Crippen MR) is 42.5 cm³/mol. The molecule has 0 aliphatic rings. The second-order valence-corrected chi connectivity index (χ2v) is 2.72. The lowest BCUT2D eigenvalue weighted by Gasteiger charge is -2.10. The standard InChI is InChI=1S/C8H7F3N2O/c1-4-5(7(12)14)2-13-3-6(4)8(9,10)11/h2-3H,1H3,(H2,12,14). The van der Waals surface area contributed by atoms with Gasteiger partial charge in [-0.1, -0.05) is 0 Å². The normalized spacial score (nSPS) is 11.4. The van der Waals surface area contributed by atoms with Crippen molar-refractivity contribution >= 4 is 5.91 Å². The molecule has 1 amide bonds. The maximum atomic E-state index is 12.3. The van der Waals surface area contributed by atoms with Crippen LogP contribution in [0.25, 0.3) is 0 Å². The molecule has 3 nitrogen and oxygen atoms in total. The Kier molecular flexibility index (Phi) is 2.46. The maximum Gasteiger partial charge on any atom is 0.418 e. The van der Waals surface area contributed by atoms with Crippen LogP contribution in [-0.2, 0) is 6.18 Å². The zero-order valence-corrected chi connectivity index (χ0v) is 7.22. The van der Waals surface area contributed by atoms with E-state index in [0.717, 1.165) is 6.20 Å². The Labute approximate surface area is 77.7 Å². The monoisotopic (exact) mass is 204 g/mol. The Morgan fingerprint density at radius 2 is 2.00 bits per heavy atom. The molecule has 76 valence electrons. The summed E-state index contributed by atoms with van der Waals surface area (Å²) in [6, 6.07) is 0. The summed E-state index contributed by atoms with van der Waals surface area (Å²) in [5, 5.41) is 0. The average molecular weight is 204 g/mol. The van der Waals surface area contributed by atoms with Crippen molar-refractivity contribution in [2.75, 3.05) is 0 Å². The molecule has 1 aromatic rings. The molecule has 0 spiro atoms. The van der Waals surface area contributed by atoms with E-state index in [1.54, 1.807) is 0 Å². The summed E-state index contributed by atoms with van der Waals surface area (Å²) >= 11 is 0. The number of amides is 1. The van der Waals surface area contributed by atoms with Crippen molar-refractivity contribution in [3.8, 4) is 0 Å². The van der Waals surface area contributed by atoms with Crippen LogP contribution in [0.3, 0.4) is 0 Å². The van der Waals surface area contributed by atoms with Crippen LogP contribution in [0, 0.1) is 6.92 Å². The van der Waals surface area contributed by atoms with E-state index in [1.807, 2.05) is 0 Å². The Balaban J connectivity index is 3.35.